The molecule has 0 atom stereocenters. The van der Waals surface area contributed by atoms with E-state index in [0.717, 1.165) is 11.1 Å². The molecule has 2 heterocycles. The number of hydrogen-bond donors (Lipinski definition) is 0. The quantitative estimate of drug-likeness (QED) is 0.599. The number of hydrogen-bond acceptors (Lipinski definition) is 3. The van der Waals surface area contributed by atoms with Crippen molar-refractivity contribution in [2.75, 3.05) is 6.61 Å². The van der Waals surface area contributed by atoms with Gasteiger partial charge in [-0.3, -0.25) is 9.36 Å². The zero-order valence-electron chi connectivity index (χ0n) is 13.4. The minimum Gasteiger partial charge on any atom is -0.372 e. The molecule has 2 aromatic carbocycles. The van der Waals surface area contributed by atoms with Crippen molar-refractivity contribution < 1.29 is 4.74 Å². The summed E-state index contributed by atoms with van der Waals surface area (Å²) in [6.45, 7) is 3.54. The lowest BCUT2D eigenvalue weighted by atomic mass is 10.1. The maximum atomic E-state index is 12.5. The maximum absolute atomic E-state index is 12.5. The van der Waals surface area contributed by atoms with Crippen LogP contribution in [0.2, 0.25) is 0 Å². The second-order valence-corrected chi connectivity index (χ2v) is 5.89. The Bertz CT molecular complexity index is 1050. The number of nitrogens with zero attached hydrogens (tertiary/aromatic N) is 2. The van der Waals surface area contributed by atoms with E-state index in [1.54, 1.807) is 4.57 Å². The van der Waals surface area contributed by atoms with Gasteiger partial charge in [0.15, 0.2) is 0 Å². The Morgan fingerprint density at radius 2 is 1.96 bits per heavy atom. The summed E-state index contributed by atoms with van der Waals surface area (Å²) in [5, 5.41) is 0.627. The lowest BCUT2D eigenvalue weighted by molar-refractivity contribution is 0.0788. The highest BCUT2D eigenvalue weighted by molar-refractivity contribution is 5.79. The van der Waals surface area contributed by atoms with Gasteiger partial charge in [0.2, 0.25) is 0 Å². The summed E-state index contributed by atoms with van der Waals surface area (Å²) >= 11 is 0. The lowest BCUT2D eigenvalue weighted by Crippen LogP contribution is -2.31. The lowest BCUT2D eigenvalue weighted by Gasteiger charge is -2.18. The molecule has 1 aromatic heterocycles. The van der Waals surface area contributed by atoms with Crippen LogP contribution >= 0.6 is 0 Å². The van der Waals surface area contributed by atoms with Gasteiger partial charge in [0.25, 0.3) is 5.56 Å². The van der Waals surface area contributed by atoms with E-state index in [2.05, 4.69) is 16.8 Å². The molecule has 4 rings (SSSR count). The van der Waals surface area contributed by atoms with Crippen LogP contribution in [0.15, 0.2) is 47.3 Å². The van der Waals surface area contributed by atoms with Crippen LogP contribution in [0.1, 0.15) is 22.5 Å². The highest BCUT2D eigenvalue weighted by Crippen LogP contribution is 2.14. The summed E-state index contributed by atoms with van der Waals surface area (Å²) in [4.78, 5) is 17.1. The third kappa shape index (κ3) is 2.70. The Morgan fingerprint density at radius 1 is 1.12 bits per heavy atom. The number of fused-ring (bicyclic) bond motifs is 2. The third-order valence-electron chi connectivity index (χ3n) is 4.09. The molecule has 0 saturated carbocycles. The van der Waals surface area contributed by atoms with Crippen LogP contribution in [0.5, 0.6) is 0 Å². The van der Waals surface area contributed by atoms with Crippen molar-refractivity contribution in [3.8, 4) is 11.8 Å². The molecule has 4 heteroatoms. The molecule has 0 amide bonds. The van der Waals surface area contributed by atoms with Crippen LogP contribution in [0.3, 0.4) is 0 Å². The van der Waals surface area contributed by atoms with E-state index in [1.807, 2.05) is 49.4 Å². The molecule has 24 heavy (non-hydrogen) atoms. The number of aromatic nitrogens is 2. The highest BCUT2D eigenvalue weighted by Gasteiger charge is 2.14. The van der Waals surface area contributed by atoms with Crippen LogP contribution in [0.25, 0.3) is 10.9 Å². The molecule has 0 radical (unpaired) electrons. The number of aryl methyl sites for hydroxylation is 1. The second-order valence-electron chi connectivity index (χ2n) is 5.89. The van der Waals surface area contributed by atoms with Gasteiger partial charge in [-0.15, -0.1) is 0 Å². The molecule has 0 aliphatic carbocycles. The Balaban J connectivity index is 1.78. The number of benzene rings is 2. The Morgan fingerprint density at radius 3 is 2.79 bits per heavy atom. The molecule has 0 fully saturated rings. The molecule has 0 bridgehead atoms. The van der Waals surface area contributed by atoms with E-state index in [0.29, 0.717) is 36.5 Å². The molecule has 0 unspecified atom stereocenters. The summed E-state index contributed by atoms with van der Waals surface area (Å²) in [6.07, 6.45) is 0. The van der Waals surface area contributed by atoms with E-state index in [1.165, 1.54) is 5.56 Å². The largest absolute Gasteiger partial charge is 0.372 e. The van der Waals surface area contributed by atoms with Crippen LogP contribution in [0.4, 0.5) is 0 Å². The SMILES string of the molecule is Cc1cccc(C#Cc2ccc3c(=O)n4c(nc3c2)COCC4)c1. The first-order valence-electron chi connectivity index (χ1n) is 7.91. The van der Waals surface area contributed by atoms with Crippen molar-refractivity contribution >= 4 is 10.9 Å². The third-order valence-corrected chi connectivity index (χ3v) is 4.09. The van der Waals surface area contributed by atoms with Crippen molar-refractivity contribution in [2.45, 2.75) is 20.1 Å². The van der Waals surface area contributed by atoms with Crippen LogP contribution < -0.4 is 5.56 Å². The summed E-state index contributed by atoms with van der Waals surface area (Å²) in [5.41, 5.74) is 3.67. The Labute approximate surface area is 139 Å². The maximum Gasteiger partial charge on any atom is 0.261 e. The molecular formula is C20H16N2O2. The second kappa shape index (κ2) is 5.95. The van der Waals surface area contributed by atoms with Gasteiger partial charge in [-0.05, 0) is 42.8 Å². The summed E-state index contributed by atoms with van der Waals surface area (Å²) in [7, 11) is 0. The van der Waals surface area contributed by atoms with Crippen molar-refractivity contribution in [3.63, 3.8) is 0 Å². The van der Waals surface area contributed by atoms with Crippen molar-refractivity contribution in [1.82, 2.24) is 9.55 Å². The summed E-state index contributed by atoms with van der Waals surface area (Å²) < 4.78 is 7.09. The van der Waals surface area contributed by atoms with Gasteiger partial charge in [0.1, 0.15) is 12.4 Å². The topological polar surface area (TPSA) is 44.1 Å². The monoisotopic (exact) mass is 316 g/mol. The minimum absolute atomic E-state index is 0.00325. The number of ether oxygens (including phenoxy) is 1. The zero-order chi connectivity index (χ0) is 16.5. The molecule has 118 valence electrons. The van der Waals surface area contributed by atoms with E-state index < -0.39 is 0 Å². The molecule has 1 aliphatic rings. The van der Waals surface area contributed by atoms with Crippen LogP contribution in [-0.2, 0) is 17.9 Å². The van der Waals surface area contributed by atoms with Gasteiger partial charge in [0.05, 0.1) is 24.1 Å². The van der Waals surface area contributed by atoms with Crippen molar-refractivity contribution in [2.24, 2.45) is 0 Å². The fourth-order valence-corrected chi connectivity index (χ4v) is 2.87. The average Bonchev–Trinajstić information content (AvgIpc) is 2.60. The molecule has 3 aromatic rings. The minimum atomic E-state index is -0.00325. The summed E-state index contributed by atoms with van der Waals surface area (Å²) in [5.74, 6) is 6.99. The fraction of sp³-hybridized carbons (Fsp3) is 0.200. The predicted molar refractivity (Wildman–Crippen MR) is 92.8 cm³/mol. The predicted octanol–water partition coefficient (Wildman–Crippen LogP) is 2.63. The first kappa shape index (κ1) is 14.7. The van der Waals surface area contributed by atoms with Crippen LogP contribution in [-0.4, -0.2) is 16.2 Å². The molecule has 0 N–H and O–H groups in total. The van der Waals surface area contributed by atoms with Gasteiger partial charge >= 0.3 is 0 Å². The smallest absolute Gasteiger partial charge is 0.261 e. The molecule has 4 nitrogen and oxygen atoms in total. The first-order valence-corrected chi connectivity index (χ1v) is 7.91. The van der Waals surface area contributed by atoms with Gasteiger partial charge in [0, 0.05) is 11.1 Å². The molecule has 0 spiro atoms. The Hall–Kier alpha value is -2.90. The number of rotatable bonds is 0. The van der Waals surface area contributed by atoms with Crippen molar-refractivity contribution in [1.29, 1.82) is 0 Å². The average molecular weight is 316 g/mol. The highest BCUT2D eigenvalue weighted by atomic mass is 16.5. The van der Waals surface area contributed by atoms with E-state index in [4.69, 9.17) is 4.74 Å². The fourth-order valence-electron chi connectivity index (χ4n) is 2.87. The van der Waals surface area contributed by atoms with E-state index in [-0.39, 0.29) is 5.56 Å². The van der Waals surface area contributed by atoms with Gasteiger partial charge in [-0.1, -0.05) is 24.0 Å². The van der Waals surface area contributed by atoms with E-state index in [9.17, 15) is 4.79 Å². The van der Waals surface area contributed by atoms with Gasteiger partial charge in [-0.2, -0.15) is 0 Å². The van der Waals surface area contributed by atoms with E-state index >= 15 is 0 Å². The molecule has 1 aliphatic heterocycles. The standard InChI is InChI=1S/C20H16N2O2/c1-14-3-2-4-15(11-14)5-6-16-7-8-17-18(12-16)21-19-13-24-10-9-22(19)20(17)23/h2-4,7-8,11-12H,9-10,13H2,1H3. The summed E-state index contributed by atoms with van der Waals surface area (Å²) in [6, 6.07) is 13.6. The van der Waals surface area contributed by atoms with Crippen LogP contribution in [0, 0.1) is 18.8 Å². The van der Waals surface area contributed by atoms with Gasteiger partial charge < -0.3 is 4.74 Å². The Kier molecular flexibility index (Phi) is 3.64. The molecule has 0 saturated heterocycles. The normalized spacial score (nSPS) is 13.2. The van der Waals surface area contributed by atoms with Gasteiger partial charge in [-0.25, -0.2) is 4.98 Å². The first-order chi connectivity index (χ1) is 11.7. The zero-order valence-corrected chi connectivity index (χ0v) is 13.4. The van der Waals surface area contributed by atoms with Crippen molar-refractivity contribution in [3.05, 3.63) is 75.3 Å². The molecular weight excluding hydrogens is 300 g/mol.